The maximum atomic E-state index is 12.5. The van der Waals surface area contributed by atoms with Crippen molar-refractivity contribution in [1.29, 1.82) is 5.26 Å². The summed E-state index contributed by atoms with van der Waals surface area (Å²) in [6.45, 7) is 3.58. The first-order valence-corrected chi connectivity index (χ1v) is 14.1. The van der Waals surface area contributed by atoms with Gasteiger partial charge >= 0.3 is 5.97 Å². The monoisotopic (exact) mass is 518 g/mol. The first kappa shape index (κ1) is 26.6. The van der Waals surface area contributed by atoms with Gasteiger partial charge in [-0.2, -0.15) is 5.26 Å². The van der Waals surface area contributed by atoms with E-state index < -0.39 is 12.0 Å². The topological polar surface area (TPSA) is 108 Å². The normalized spacial score (nSPS) is 22.3. The Labute approximate surface area is 225 Å². The lowest BCUT2D eigenvalue weighted by Gasteiger charge is -2.30. The third-order valence-corrected chi connectivity index (χ3v) is 7.95. The number of nitrogens with one attached hydrogen (secondary N) is 1. The SMILES string of the molecule is N#Cc1ccc(C(C(=O)O)N2CC[C@@H](OCCCCc3ccc4c(n3)NCCC4)C2)c(C2CCCCO2)c1. The Hall–Kier alpha value is -2.99. The molecule has 2 unspecified atom stereocenters. The molecule has 4 heterocycles. The number of nitrogens with zero attached hydrogens (tertiary/aromatic N) is 3. The fourth-order valence-corrected chi connectivity index (χ4v) is 5.93. The summed E-state index contributed by atoms with van der Waals surface area (Å²) in [5, 5.41) is 23.1. The molecule has 202 valence electrons. The number of rotatable bonds is 10. The van der Waals surface area contributed by atoms with E-state index in [4.69, 9.17) is 14.5 Å². The Morgan fingerprint density at radius 2 is 2.16 bits per heavy atom. The molecule has 1 aromatic heterocycles. The number of benzene rings is 1. The summed E-state index contributed by atoms with van der Waals surface area (Å²) in [6.07, 6.45) is 8.73. The minimum atomic E-state index is -0.876. The zero-order valence-corrected chi connectivity index (χ0v) is 22.0. The summed E-state index contributed by atoms with van der Waals surface area (Å²) in [6, 6.07) is 11.1. The van der Waals surface area contributed by atoms with Crippen molar-refractivity contribution in [1.82, 2.24) is 9.88 Å². The van der Waals surface area contributed by atoms with E-state index in [2.05, 4.69) is 23.5 Å². The largest absolute Gasteiger partial charge is 0.480 e. The third-order valence-electron chi connectivity index (χ3n) is 7.95. The summed E-state index contributed by atoms with van der Waals surface area (Å²) in [7, 11) is 0. The Bertz CT molecular complexity index is 1160. The molecule has 3 aliphatic rings. The highest BCUT2D eigenvalue weighted by Crippen LogP contribution is 2.37. The predicted octanol–water partition coefficient (Wildman–Crippen LogP) is 4.79. The number of carboxylic acid groups (broad SMARTS) is 1. The van der Waals surface area contributed by atoms with Crippen molar-refractivity contribution >= 4 is 11.8 Å². The second-order valence-corrected chi connectivity index (χ2v) is 10.6. The number of carboxylic acids is 1. The molecule has 3 aliphatic heterocycles. The van der Waals surface area contributed by atoms with Crippen molar-refractivity contribution in [2.45, 2.75) is 76.0 Å². The van der Waals surface area contributed by atoms with Crippen LogP contribution in [0.25, 0.3) is 0 Å². The van der Waals surface area contributed by atoms with E-state index in [0.717, 1.165) is 80.6 Å². The van der Waals surface area contributed by atoms with Gasteiger partial charge in [0.25, 0.3) is 0 Å². The maximum Gasteiger partial charge on any atom is 0.325 e. The van der Waals surface area contributed by atoms with Gasteiger partial charge in [0, 0.05) is 38.5 Å². The summed E-state index contributed by atoms with van der Waals surface area (Å²) in [5.74, 6) is 0.170. The van der Waals surface area contributed by atoms with Gasteiger partial charge in [0.05, 0.1) is 23.8 Å². The zero-order chi connectivity index (χ0) is 26.3. The van der Waals surface area contributed by atoms with Crippen LogP contribution in [0.5, 0.6) is 0 Å². The van der Waals surface area contributed by atoms with Gasteiger partial charge in [0.1, 0.15) is 11.9 Å². The van der Waals surface area contributed by atoms with E-state index in [9.17, 15) is 15.2 Å². The van der Waals surface area contributed by atoms with E-state index in [1.54, 1.807) is 6.07 Å². The Morgan fingerprint density at radius 3 is 2.97 bits per heavy atom. The Kier molecular flexibility index (Phi) is 8.90. The second-order valence-electron chi connectivity index (χ2n) is 10.6. The Morgan fingerprint density at radius 1 is 1.24 bits per heavy atom. The molecule has 2 aromatic rings. The molecule has 8 heteroatoms. The van der Waals surface area contributed by atoms with Crippen LogP contribution in [0.2, 0.25) is 0 Å². The highest BCUT2D eigenvalue weighted by atomic mass is 16.5. The summed E-state index contributed by atoms with van der Waals surface area (Å²) >= 11 is 0. The molecular weight excluding hydrogens is 480 g/mol. The molecular formula is C30H38N4O4. The number of pyridine rings is 1. The van der Waals surface area contributed by atoms with Crippen LogP contribution in [0.4, 0.5) is 5.82 Å². The molecule has 38 heavy (non-hydrogen) atoms. The van der Waals surface area contributed by atoms with Crippen molar-refractivity contribution in [2.24, 2.45) is 0 Å². The van der Waals surface area contributed by atoms with Gasteiger partial charge in [-0.05, 0) is 92.7 Å². The van der Waals surface area contributed by atoms with E-state index in [1.807, 2.05) is 17.0 Å². The zero-order valence-electron chi connectivity index (χ0n) is 22.0. The number of likely N-dealkylation sites (tertiary alicyclic amines) is 1. The van der Waals surface area contributed by atoms with E-state index in [1.165, 1.54) is 12.0 Å². The number of aliphatic carboxylic acids is 1. The lowest BCUT2D eigenvalue weighted by molar-refractivity contribution is -0.143. The van der Waals surface area contributed by atoms with Gasteiger partial charge < -0.3 is 19.9 Å². The average molecular weight is 519 g/mol. The number of aryl methyl sites for hydroxylation is 2. The molecule has 0 amide bonds. The van der Waals surface area contributed by atoms with Crippen molar-refractivity contribution < 1.29 is 19.4 Å². The average Bonchev–Trinajstić information content (AvgIpc) is 3.41. The van der Waals surface area contributed by atoms with E-state index in [-0.39, 0.29) is 12.2 Å². The van der Waals surface area contributed by atoms with Gasteiger partial charge in [-0.1, -0.05) is 12.1 Å². The first-order valence-electron chi connectivity index (χ1n) is 14.1. The van der Waals surface area contributed by atoms with Crippen molar-refractivity contribution in [2.75, 3.05) is 38.2 Å². The smallest absolute Gasteiger partial charge is 0.325 e. The molecule has 5 rings (SSSR count). The lowest BCUT2D eigenvalue weighted by Crippen LogP contribution is -2.34. The highest BCUT2D eigenvalue weighted by molar-refractivity contribution is 5.76. The highest BCUT2D eigenvalue weighted by Gasteiger charge is 2.36. The number of nitriles is 1. The fraction of sp³-hybridized carbons (Fsp3) is 0.567. The van der Waals surface area contributed by atoms with Gasteiger partial charge in [0.15, 0.2) is 0 Å². The fourth-order valence-electron chi connectivity index (χ4n) is 5.93. The van der Waals surface area contributed by atoms with Crippen LogP contribution in [-0.4, -0.2) is 59.9 Å². The molecule has 0 saturated carbocycles. The number of hydrogen-bond donors (Lipinski definition) is 2. The molecule has 2 saturated heterocycles. The van der Waals surface area contributed by atoms with E-state index in [0.29, 0.717) is 31.9 Å². The van der Waals surface area contributed by atoms with Crippen LogP contribution >= 0.6 is 0 Å². The maximum absolute atomic E-state index is 12.5. The van der Waals surface area contributed by atoms with Crippen LogP contribution in [0.3, 0.4) is 0 Å². The number of aromatic nitrogens is 1. The number of hydrogen-bond acceptors (Lipinski definition) is 7. The summed E-state index contributed by atoms with van der Waals surface area (Å²) in [4.78, 5) is 19.3. The quantitative estimate of drug-likeness (QED) is 0.432. The molecule has 3 atom stereocenters. The minimum absolute atomic E-state index is 0.0238. The van der Waals surface area contributed by atoms with Gasteiger partial charge in [0.2, 0.25) is 0 Å². The Balaban J connectivity index is 1.15. The number of unbranched alkanes of at least 4 members (excludes halogenated alkanes) is 1. The predicted molar refractivity (Wildman–Crippen MR) is 144 cm³/mol. The molecule has 0 bridgehead atoms. The number of carbonyl (C=O) groups is 1. The third kappa shape index (κ3) is 6.35. The van der Waals surface area contributed by atoms with Crippen molar-refractivity contribution in [3.63, 3.8) is 0 Å². The lowest BCUT2D eigenvalue weighted by atomic mass is 9.90. The molecule has 2 fully saturated rings. The molecule has 1 aromatic carbocycles. The number of fused-ring (bicyclic) bond motifs is 1. The van der Waals surface area contributed by atoms with Crippen molar-refractivity contribution in [3.8, 4) is 6.07 Å². The molecule has 2 N–H and O–H groups in total. The number of anilines is 1. The standard InChI is InChI=1S/C30H38N4O4/c31-19-21-9-12-25(26(18-21)27-8-2-4-17-38-27)28(30(35)36)34-15-13-24(20-34)37-16-3-1-7-23-11-10-22-6-5-14-32-29(22)33-23/h9-12,18,24,27-28H,1-8,13-17,20H2,(H,32,33)(H,35,36)/t24-,27?,28?/m1/s1. The summed E-state index contributed by atoms with van der Waals surface area (Å²) < 4.78 is 12.2. The van der Waals surface area contributed by atoms with Gasteiger partial charge in [-0.25, -0.2) is 4.98 Å². The summed E-state index contributed by atoms with van der Waals surface area (Å²) in [5.41, 5.74) is 4.54. The van der Waals surface area contributed by atoms with E-state index >= 15 is 0 Å². The first-order chi connectivity index (χ1) is 18.6. The van der Waals surface area contributed by atoms with Crippen LogP contribution in [0.15, 0.2) is 30.3 Å². The molecule has 0 radical (unpaired) electrons. The minimum Gasteiger partial charge on any atom is -0.480 e. The van der Waals surface area contributed by atoms with Crippen LogP contribution in [-0.2, 0) is 27.1 Å². The van der Waals surface area contributed by atoms with Gasteiger partial charge in [-0.3, -0.25) is 9.69 Å². The van der Waals surface area contributed by atoms with Crippen LogP contribution in [0.1, 0.15) is 85.0 Å². The van der Waals surface area contributed by atoms with Crippen LogP contribution < -0.4 is 5.32 Å². The van der Waals surface area contributed by atoms with Crippen LogP contribution in [0, 0.1) is 11.3 Å². The molecule has 0 spiro atoms. The van der Waals surface area contributed by atoms with Gasteiger partial charge in [-0.15, -0.1) is 0 Å². The number of ether oxygens (including phenoxy) is 2. The van der Waals surface area contributed by atoms with Crippen molar-refractivity contribution in [3.05, 3.63) is 58.3 Å². The molecule has 0 aliphatic carbocycles. The second kappa shape index (κ2) is 12.7. The molecule has 8 nitrogen and oxygen atoms in total.